The van der Waals surface area contributed by atoms with Gasteiger partial charge in [0, 0.05) is 26.1 Å². The van der Waals surface area contributed by atoms with Crippen LogP contribution in [0.15, 0.2) is 48.5 Å². The van der Waals surface area contributed by atoms with Gasteiger partial charge in [-0.1, -0.05) is 36.4 Å². The Bertz CT molecular complexity index is 807. The summed E-state index contributed by atoms with van der Waals surface area (Å²) in [5.74, 6) is 0.861. The molecule has 1 N–H and O–H groups in total. The van der Waals surface area contributed by atoms with Gasteiger partial charge in [0.25, 0.3) is 0 Å². The minimum absolute atomic E-state index is 0.0186. The molecule has 0 radical (unpaired) electrons. The molecule has 0 bridgehead atoms. The molecule has 6 heteroatoms. The number of nitrogens with zero attached hydrogens (tertiary/aromatic N) is 1. The summed E-state index contributed by atoms with van der Waals surface area (Å²) in [6.45, 7) is 1.37. The van der Waals surface area contributed by atoms with Gasteiger partial charge in [0.1, 0.15) is 0 Å². The molecule has 1 atom stereocenters. The van der Waals surface area contributed by atoms with Crippen molar-refractivity contribution in [2.24, 2.45) is 5.92 Å². The van der Waals surface area contributed by atoms with Crippen molar-refractivity contribution < 1.29 is 19.1 Å². The summed E-state index contributed by atoms with van der Waals surface area (Å²) in [6, 6.07) is 15.3. The predicted molar refractivity (Wildman–Crippen MR) is 101 cm³/mol. The van der Waals surface area contributed by atoms with Crippen LogP contribution in [0.2, 0.25) is 0 Å². The third-order valence-corrected chi connectivity index (χ3v) is 4.72. The normalized spacial score (nSPS) is 16.3. The quantitative estimate of drug-likeness (QED) is 0.815. The maximum Gasteiger partial charge on any atom is 0.225 e. The van der Waals surface area contributed by atoms with Crippen molar-refractivity contribution in [3.63, 3.8) is 0 Å². The van der Waals surface area contributed by atoms with E-state index in [1.54, 1.807) is 25.2 Å². The number of nitrogens with one attached hydrogen (secondary N) is 1. The summed E-state index contributed by atoms with van der Waals surface area (Å²) in [7, 11) is 3.16. The average Bonchev–Trinajstić information content (AvgIpc) is 3.07. The van der Waals surface area contributed by atoms with Crippen LogP contribution in [-0.4, -0.2) is 37.5 Å². The number of hydrogen-bond donors (Lipinski definition) is 1. The molecule has 1 saturated heterocycles. The van der Waals surface area contributed by atoms with E-state index in [2.05, 4.69) is 5.32 Å². The van der Waals surface area contributed by atoms with Gasteiger partial charge in [-0.25, -0.2) is 0 Å². The average molecular weight is 368 g/mol. The van der Waals surface area contributed by atoms with Gasteiger partial charge in [-0.2, -0.15) is 0 Å². The van der Waals surface area contributed by atoms with E-state index in [0.717, 1.165) is 11.1 Å². The molecule has 1 aliphatic heterocycles. The van der Waals surface area contributed by atoms with Crippen molar-refractivity contribution in [3.05, 3.63) is 59.7 Å². The first-order valence-electron chi connectivity index (χ1n) is 8.91. The van der Waals surface area contributed by atoms with E-state index in [-0.39, 0.29) is 24.2 Å². The molecule has 6 nitrogen and oxygen atoms in total. The number of amides is 2. The Morgan fingerprint density at radius 1 is 1.07 bits per heavy atom. The Hall–Kier alpha value is -3.02. The first kappa shape index (κ1) is 18.8. The molecule has 0 aliphatic carbocycles. The number of likely N-dealkylation sites (tertiary alicyclic amines) is 1. The van der Waals surface area contributed by atoms with Gasteiger partial charge < -0.3 is 19.7 Å². The van der Waals surface area contributed by atoms with E-state index >= 15 is 0 Å². The molecule has 1 fully saturated rings. The van der Waals surface area contributed by atoms with Gasteiger partial charge in [-0.3, -0.25) is 9.59 Å². The summed E-state index contributed by atoms with van der Waals surface area (Å²) >= 11 is 0. The van der Waals surface area contributed by atoms with Gasteiger partial charge in [-0.05, 0) is 23.3 Å². The lowest BCUT2D eigenvalue weighted by molar-refractivity contribution is -0.129. The van der Waals surface area contributed by atoms with Crippen LogP contribution in [0.1, 0.15) is 17.5 Å². The van der Waals surface area contributed by atoms with Gasteiger partial charge in [0.2, 0.25) is 11.8 Å². The zero-order chi connectivity index (χ0) is 19.2. The number of hydrogen-bond acceptors (Lipinski definition) is 4. The van der Waals surface area contributed by atoms with E-state index in [0.29, 0.717) is 31.1 Å². The zero-order valence-electron chi connectivity index (χ0n) is 15.6. The Kier molecular flexibility index (Phi) is 5.96. The first-order chi connectivity index (χ1) is 13.1. The molecule has 2 amide bonds. The number of rotatable bonds is 7. The summed E-state index contributed by atoms with van der Waals surface area (Å²) in [5.41, 5.74) is 1.98. The fraction of sp³-hybridized carbons (Fsp3) is 0.333. The highest BCUT2D eigenvalue weighted by atomic mass is 16.5. The van der Waals surface area contributed by atoms with Crippen LogP contribution in [0.25, 0.3) is 0 Å². The summed E-state index contributed by atoms with van der Waals surface area (Å²) in [4.78, 5) is 26.5. The molecule has 3 rings (SSSR count). The van der Waals surface area contributed by atoms with Gasteiger partial charge in [0.15, 0.2) is 11.5 Å². The van der Waals surface area contributed by atoms with E-state index in [1.165, 1.54) is 0 Å². The second kappa shape index (κ2) is 8.58. The zero-order valence-corrected chi connectivity index (χ0v) is 15.6. The highest BCUT2D eigenvalue weighted by Crippen LogP contribution is 2.27. The van der Waals surface area contributed by atoms with E-state index in [9.17, 15) is 9.59 Å². The van der Waals surface area contributed by atoms with Crippen molar-refractivity contribution in [2.75, 3.05) is 20.8 Å². The van der Waals surface area contributed by atoms with Crippen LogP contribution in [0, 0.1) is 5.92 Å². The van der Waals surface area contributed by atoms with E-state index in [4.69, 9.17) is 9.47 Å². The van der Waals surface area contributed by atoms with Gasteiger partial charge >= 0.3 is 0 Å². The fourth-order valence-corrected chi connectivity index (χ4v) is 3.23. The van der Waals surface area contributed by atoms with E-state index in [1.807, 2.05) is 42.5 Å². The summed E-state index contributed by atoms with van der Waals surface area (Å²) < 4.78 is 10.5. The molecule has 1 aliphatic rings. The monoisotopic (exact) mass is 368 g/mol. The molecule has 27 heavy (non-hydrogen) atoms. The SMILES string of the molecule is COc1ccc(CNC(=O)C2CC(=O)N(Cc3ccccc3)C2)cc1OC. The van der Waals surface area contributed by atoms with Crippen molar-refractivity contribution in [1.82, 2.24) is 10.2 Å². The summed E-state index contributed by atoms with van der Waals surface area (Å²) in [6.07, 6.45) is 0.255. The molecule has 2 aromatic carbocycles. The Labute approximate surface area is 159 Å². The molecule has 1 unspecified atom stereocenters. The third kappa shape index (κ3) is 4.58. The maximum atomic E-state index is 12.5. The van der Waals surface area contributed by atoms with Crippen molar-refractivity contribution >= 4 is 11.8 Å². The minimum Gasteiger partial charge on any atom is -0.493 e. The molecule has 1 heterocycles. The number of carbonyl (C=O) groups excluding carboxylic acids is 2. The van der Waals surface area contributed by atoms with Crippen molar-refractivity contribution in [3.8, 4) is 11.5 Å². The van der Waals surface area contributed by atoms with Crippen molar-refractivity contribution in [2.45, 2.75) is 19.5 Å². The standard InChI is InChI=1S/C21H24N2O4/c1-26-18-9-8-16(10-19(18)27-2)12-22-21(25)17-11-20(24)23(14-17)13-15-6-4-3-5-7-15/h3-10,17H,11-14H2,1-2H3,(H,22,25). The largest absolute Gasteiger partial charge is 0.493 e. The molecule has 142 valence electrons. The van der Waals surface area contributed by atoms with Crippen LogP contribution in [0.4, 0.5) is 0 Å². The Morgan fingerprint density at radius 2 is 1.81 bits per heavy atom. The summed E-state index contributed by atoms with van der Waals surface area (Å²) in [5, 5.41) is 2.92. The van der Waals surface area contributed by atoms with Crippen LogP contribution >= 0.6 is 0 Å². The second-order valence-electron chi connectivity index (χ2n) is 6.57. The molecule has 0 spiro atoms. The number of benzene rings is 2. The number of methoxy groups -OCH3 is 2. The minimum atomic E-state index is -0.318. The third-order valence-electron chi connectivity index (χ3n) is 4.72. The van der Waals surface area contributed by atoms with Crippen LogP contribution in [-0.2, 0) is 22.7 Å². The molecule has 2 aromatic rings. The maximum absolute atomic E-state index is 12.5. The predicted octanol–water partition coefficient (Wildman–Crippen LogP) is 2.37. The molecule has 0 aromatic heterocycles. The lowest BCUT2D eigenvalue weighted by Crippen LogP contribution is -2.32. The molecular formula is C21H24N2O4. The van der Waals surface area contributed by atoms with Crippen LogP contribution in [0.5, 0.6) is 11.5 Å². The Morgan fingerprint density at radius 3 is 2.52 bits per heavy atom. The van der Waals surface area contributed by atoms with Crippen molar-refractivity contribution in [1.29, 1.82) is 0 Å². The second-order valence-corrected chi connectivity index (χ2v) is 6.57. The smallest absolute Gasteiger partial charge is 0.225 e. The first-order valence-corrected chi connectivity index (χ1v) is 8.91. The fourth-order valence-electron chi connectivity index (χ4n) is 3.23. The topological polar surface area (TPSA) is 67.9 Å². The number of ether oxygens (including phenoxy) is 2. The molecular weight excluding hydrogens is 344 g/mol. The molecule has 0 saturated carbocycles. The highest BCUT2D eigenvalue weighted by Gasteiger charge is 2.34. The Balaban J connectivity index is 1.55. The van der Waals surface area contributed by atoms with Crippen LogP contribution < -0.4 is 14.8 Å². The highest BCUT2D eigenvalue weighted by molar-refractivity contribution is 5.89. The lowest BCUT2D eigenvalue weighted by atomic mass is 10.1. The lowest BCUT2D eigenvalue weighted by Gasteiger charge is -2.17. The number of carbonyl (C=O) groups is 2. The van der Waals surface area contributed by atoms with Crippen LogP contribution in [0.3, 0.4) is 0 Å². The van der Waals surface area contributed by atoms with E-state index < -0.39 is 0 Å². The van der Waals surface area contributed by atoms with Gasteiger partial charge in [-0.15, -0.1) is 0 Å². The van der Waals surface area contributed by atoms with Gasteiger partial charge in [0.05, 0.1) is 20.1 Å².